The van der Waals surface area contributed by atoms with Crippen LogP contribution < -0.4 is 0 Å². The molecule has 0 radical (unpaired) electrons. The van der Waals surface area contributed by atoms with E-state index in [0.29, 0.717) is 18.9 Å². The van der Waals surface area contributed by atoms with Gasteiger partial charge in [0.25, 0.3) is 0 Å². The first-order valence-electron chi connectivity index (χ1n) is 2.73. The predicted molar refractivity (Wildman–Crippen MR) is 32.7 cm³/mol. The highest BCUT2D eigenvalue weighted by atomic mass is 16.4. The molecule has 4 nitrogen and oxygen atoms in total. The maximum Gasteiger partial charge on any atom is 0.412 e. The largest absolute Gasteiger partial charge is 0.465 e. The standard InChI is InChI=1S/C5H8N2O2/c1-4-6-2-3-7(4)5(8)9/h2-3H2,1H3,(H,8,9). The van der Waals surface area contributed by atoms with Crippen LogP contribution in [0, 0.1) is 0 Å². The number of carboxylic acid groups (broad SMARTS) is 1. The summed E-state index contributed by atoms with van der Waals surface area (Å²) in [4.78, 5) is 15.4. The Labute approximate surface area is 52.8 Å². The molecule has 0 saturated heterocycles. The van der Waals surface area contributed by atoms with Gasteiger partial charge in [0.15, 0.2) is 0 Å². The molecule has 0 aliphatic carbocycles. The summed E-state index contributed by atoms with van der Waals surface area (Å²) in [5.74, 6) is 0.600. The highest BCUT2D eigenvalue weighted by Crippen LogP contribution is 1.99. The van der Waals surface area contributed by atoms with Gasteiger partial charge in [-0.2, -0.15) is 0 Å². The minimum absolute atomic E-state index is 0.515. The van der Waals surface area contributed by atoms with Gasteiger partial charge in [-0.05, 0) is 6.92 Å². The molecule has 1 aliphatic rings. The van der Waals surface area contributed by atoms with E-state index in [1.165, 1.54) is 4.90 Å². The number of carbonyl (C=O) groups is 1. The lowest BCUT2D eigenvalue weighted by Gasteiger charge is -2.09. The predicted octanol–water partition coefficient (Wildman–Crippen LogP) is 0.398. The van der Waals surface area contributed by atoms with Crippen molar-refractivity contribution < 1.29 is 9.90 Å². The maximum atomic E-state index is 10.3. The normalized spacial score (nSPS) is 17.9. The van der Waals surface area contributed by atoms with Gasteiger partial charge in [-0.1, -0.05) is 0 Å². The first-order chi connectivity index (χ1) is 4.22. The summed E-state index contributed by atoms with van der Waals surface area (Å²) in [6.07, 6.45) is -0.909. The Bertz CT molecular complexity index is 164. The van der Waals surface area contributed by atoms with Crippen molar-refractivity contribution in [1.82, 2.24) is 4.90 Å². The van der Waals surface area contributed by atoms with E-state index in [0.717, 1.165) is 0 Å². The van der Waals surface area contributed by atoms with Crippen molar-refractivity contribution in [1.29, 1.82) is 0 Å². The number of aliphatic imine (C=N–C) groups is 1. The Hall–Kier alpha value is -1.06. The average molecular weight is 128 g/mol. The fraction of sp³-hybridized carbons (Fsp3) is 0.600. The van der Waals surface area contributed by atoms with E-state index in [9.17, 15) is 4.79 Å². The lowest BCUT2D eigenvalue weighted by atomic mass is 10.6. The molecule has 0 aromatic heterocycles. The van der Waals surface area contributed by atoms with Gasteiger partial charge in [-0.3, -0.25) is 9.89 Å². The summed E-state index contributed by atoms with van der Waals surface area (Å²) < 4.78 is 0. The molecular formula is C5H8N2O2. The molecule has 0 spiro atoms. The van der Waals surface area contributed by atoms with Crippen LogP contribution in [-0.4, -0.2) is 35.0 Å². The Balaban J connectivity index is 2.63. The smallest absolute Gasteiger partial charge is 0.412 e. The molecule has 0 aromatic carbocycles. The fourth-order valence-corrected chi connectivity index (χ4v) is 0.793. The quantitative estimate of drug-likeness (QED) is 0.513. The molecule has 0 bridgehead atoms. The lowest BCUT2D eigenvalue weighted by Crippen LogP contribution is -2.30. The first kappa shape index (κ1) is 6.07. The Morgan fingerprint density at radius 1 is 1.89 bits per heavy atom. The summed E-state index contributed by atoms with van der Waals surface area (Å²) in [5.41, 5.74) is 0. The summed E-state index contributed by atoms with van der Waals surface area (Å²) in [7, 11) is 0. The lowest BCUT2D eigenvalue weighted by molar-refractivity contribution is 0.172. The third kappa shape index (κ3) is 1.01. The van der Waals surface area contributed by atoms with Gasteiger partial charge in [0.05, 0.1) is 13.1 Å². The third-order valence-corrected chi connectivity index (χ3v) is 1.29. The van der Waals surface area contributed by atoms with E-state index in [4.69, 9.17) is 5.11 Å². The number of amidine groups is 1. The zero-order valence-electron chi connectivity index (χ0n) is 5.16. The van der Waals surface area contributed by atoms with Crippen molar-refractivity contribution in [2.24, 2.45) is 4.99 Å². The van der Waals surface area contributed by atoms with Gasteiger partial charge in [0, 0.05) is 0 Å². The number of nitrogens with zero attached hydrogens (tertiary/aromatic N) is 2. The Morgan fingerprint density at radius 3 is 2.78 bits per heavy atom. The molecule has 1 aliphatic heterocycles. The van der Waals surface area contributed by atoms with Gasteiger partial charge >= 0.3 is 6.09 Å². The Morgan fingerprint density at radius 2 is 2.56 bits per heavy atom. The van der Waals surface area contributed by atoms with Crippen LogP contribution in [0.2, 0.25) is 0 Å². The van der Waals surface area contributed by atoms with Gasteiger partial charge in [-0.25, -0.2) is 4.79 Å². The number of hydrogen-bond donors (Lipinski definition) is 1. The second-order valence-corrected chi connectivity index (χ2v) is 1.86. The van der Waals surface area contributed by atoms with Crippen LogP contribution in [0.3, 0.4) is 0 Å². The molecule has 1 rings (SSSR count). The summed E-state index contributed by atoms with van der Waals surface area (Å²) in [6, 6.07) is 0. The van der Waals surface area contributed by atoms with E-state index in [-0.39, 0.29) is 0 Å². The van der Waals surface area contributed by atoms with Crippen LogP contribution in [0.5, 0.6) is 0 Å². The number of rotatable bonds is 0. The molecule has 4 heteroatoms. The van der Waals surface area contributed by atoms with Crippen LogP contribution in [0.4, 0.5) is 4.79 Å². The van der Waals surface area contributed by atoms with Gasteiger partial charge < -0.3 is 5.11 Å². The minimum atomic E-state index is -0.909. The highest BCUT2D eigenvalue weighted by molar-refractivity contribution is 5.94. The second-order valence-electron chi connectivity index (χ2n) is 1.86. The molecule has 1 N–H and O–H groups in total. The van der Waals surface area contributed by atoms with Crippen molar-refractivity contribution in [3.8, 4) is 0 Å². The molecule has 0 aromatic rings. The molecule has 1 heterocycles. The van der Waals surface area contributed by atoms with Crippen LogP contribution in [0.15, 0.2) is 4.99 Å². The van der Waals surface area contributed by atoms with Crippen LogP contribution in [-0.2, 0) is 0 Å². The van der Waals surface area contributed by atoms with Crippen LogP contribution in [0.1, 0.15) is 6.92 Å². The molecule has 0 unspecified atom stereocenters. The first-order valence-corrected chi connectivity index (χ1v) is 2.73. The molecule has 9 heavy (non-hydrogen) atoms. The van der Waals surface area contributed by atoms with Crippen molar-refractivity contribution >= 4 is 11.9 Å². The summed E-state index contributed by atoms with van der Waals surface area (Å²) in [5, 5.41) is 8.43. The van der Waals surface area contributed by atoms with Crippen molar-refractivity contribution in [2.75, 3.05) is 13.1 Å². The molecular weight excluding hydrogens is 120 g/mol. The van der Waals surface area contributed by atoms with Crippen molar-refractivity contribution in [3.05, 3.63) is 0 Å². The summed E-state index contributed by atoms with van der Waals surface area (Å²) in [6.45, 7) is 2.82. The molecule has 0 fully saturated rings. The monoisotopic (exact) mass is 128 g/mol. The fourth-order valence-electron chi connectivity index (χ4n) is 0.793. The van der Waals surface area contributed by atoms with Crippen molar-refractivity contribution in [2.45, 2.75) is 6.92 Å². The van der Waals surface area contributed by atoms with Gasteiger partial charge in [0.2, 0.25) is 0 Å². The maximum absolute atomic E-state index is 10.3. The molecule has 50 valence electrons. The summed E-state index contributed by atoms with van der Waals surface area (Å²) >= 11 is 0. The van der Waals surface area contributed by atoms with Crippen LogP contribution in [0.25, 0.3) is 0 Å². The van der Waals surface area contributed by atoms with E-state index in [2.05, 4.69) is 4.99 Å². The molecule has 0 atom stereocenters. The van der Waals surface area contributed by atoms with E-state index in [1.54, 1.807) is 6.92 Å². The topological polar surface area (TPSA) is 52.9 Å². The number of hydrogen-bond acceptors (Lipinski definition) is 2. The number of amides is 1. The highest BCUT2D eigenvalue weighted by Gasteiger charge is 2.17. The van der Waals surface area contributed by atoms with Crippen molar-refractivity contribution in [3.63, 3.8) is 0 Å². The zero-order chi connectivity index (χ0) is 6.85. The Kier molecular flexibility index (Phi) is 1.38. The third-order valence-electron chi connectivity index (χ3n) is 1.29. The van der Waals surface area contributed by atoms with E-state index >= 15 is 0 Å². The van der Waals surface area contributed by atoms with Gasteiger partial charge in [0.1, 0.15) is 5.84 Å². The van der Waals surface area contributed by atoms with E-state index in [1.807, 2.05) is 0 Å². The minimum Gasteiger partial charge on any atom is -0.465 e. The average Bonchev–Trinajstić information content (AvgIpc) is 2.13. The van der Waals surface area contributed by atoms with Gasteiger partial charge in [-0.15, -0.1) is 0 Å². The second kappa shape index (κ2) is 2.05. The van der Waals surface area contributed by atoms with Crippen LogP contribution >= 0.6 is 0 Å². The molecule has 0 saturated carbocycles. The molecule has 1 amide bonds. The zero-order valence-corrected chi connectivity index (χ0v) is 5.16. The van der Waals surface area contributed by atoms with E-state index < -0.39 is 6.09 Å². The SMILES string of the molecule is CC1=NCCN1C(=O)O.